The number of hydrogen-bond acceptors (Lipinski definition) is 4. The first-order valence-electron chi connectivity index (χ1n) is 5.56. The molecule has 1 aliphatic heterocycles. The second-order valence-corrected chi connectivity index (χ2v) is 3.64. The van der Waals surface area contributed by atoms with E-state index in [1.807, 2.05) is 19.1 Å². The van der Waals surface area contributed by atoms with Gasteiger partial charge in [0.1, 0.15) is 18.5 Å². The van der Waals surface area contributed by atoms with Gasteiger partial charge < -0.3 is 14.2 Å². The van der Waals surface area contributed by atoms with Crippen molar-refractivity contribution in [2.24, 2.45) is 0 Å². The van der Waals surface area contributed by atoms with Crippen LogP contribution in [0.25, 0.3) is 0 Å². The molecule has 1 aliphatic rings. The average Bonchev–Trinajstić information content (AvgIpc) is 3.11. The molecule has 1 N–H and O–H groups in total. The standard InChI is InChI=1S/C12H15NO4/c1-2-15-10-5-3-4-9(6-10)13-12(14)17-8-11-7-16-11/h3-6,11H,2,7-8H2,1H3,(H,13,14). The fraction of sp³-hybridized carbons (Fsp3) is 0.417. The van der Waals surface area contributed by atoms with Gasteiger partial charge in [0.15, 0.2) is 0 Å². The topological polar surface area (TPSA) is 60.1 Å². The van der Waals surface area contributed by atoms with E-state index in [4.69, 9.17) is 14.2 Å². The van der Waals surface area contributed by atoms with Crippen LogP contribution < -0.4 is 10.1 Å². The number of rotatable bonds is 5. The molecule has 1 heterocycles. The number of benzene rings is 1. The molecule has 5 heteroatoms. The van der Waals surface area contributed by atoms with E-state index in [-0.39, 0.29) is 6.10 Å². The summed E-state index contributed by atoms with van der Waals surface area (Å²) in [6, 6.07) is 7.17. The van der Waals surface area contributed by atoms with Crippen molar-refractivity contribution in [2.45, 2.75) is 13.0 Å². The Balaban J connectivity index is 1.83. The predicted molar refractivity (Wildman–Crippen MR) is 62.3 cm³/mol. The monoisotopic (exact) mass is 237 g/mol. The zero-order chi connectivity index (χ0) is 12.1. The van der Waals surface area contributed by atoms with E-state index in [9.17, 15) is 4.79 Å². The Bertz CT molecular complexity index is 390. The predicted octanol–water partition coefficient (Wildman–Crippen LogP) is 2.03. The summed E-state index contributed by atoms with van der Waals surface area (Å²) in [5.41, 5.74) is 0.651. The van der Waals surface area contributed by atoms with Gasteiger partial charge in [-0.3, -0.25) is 5.32 Å². The minimum absolute atomic E-state index is 0.0792. The highest BCUT2D eigenvalue weighted by atomic mass is 16.6. The third-order valence-corrected chi connectivity index (χ3v) is 2.19. The van der Waals surface area contributed by atoms with Crippen LogP contribution in [-0.2, 0) is 9.47 Å². The second-order valence-electron chi connectivity index (χ2n) is 3.64. The SMILES string of the molecule is CCOc1cccc(NC(=O)OCC2CO2)c1. The van der Waals surface area contributed by atoms with Gasteiger partial charge in [0.25, 0.3) is 0 Å². The summed E-state index contributed by atoms with van der Waals surface area (Å²) in [5.74, 6) is 0.718. The molecule has 1 aromatic rings. The first kappa shape index (κ1) is 11.7. The molecule has 0 aliphatic carbocycles. The van der Waals surface area contributed by atoms with E-state index >= 15 is 0 Å². The maximum Gasteiger partial charge on any atom is 0.411 e. The van der Waals surface area contributed by atoms with Crippen LogP contribution in [0.5, 0.6) is 5.75 Å². The van der Waals surface area contributed by atoms with Gasteiger partial charge in [-0.1, -0.05) is 6.07 Å². The lowest BCUT2D eigenvalue weighted by Crippen LogP contribution is -2.16. The highest BCUT2D eigenvalue weighted by Gasteiger charge is 2.24. The summed E-state index contributed by atoms with van der Waals surface area (Å²) in [5, 5.41) is 2.63. The zero-order valence-electron chi connectivity index (χ0n) is 9.64. The average molecular weight is 237 g/mol. The van der Waals surface area contributed by atoms with Crippen molar-refractivity contribution in [3.05, 3.63) is 24.3 Å². The summed E-state index contributed by atoms with van der Waals surface area (Å²) >= 11 is 0. The lowest BCUT2D eigenvalue weighted by atomic mass is 10.3. The number of hydrogen-bond donors (Lipinski definition) is 1. The Morgan fingerprint density at radius 2 is 2.41 bits per heavy atom. The largest absolute Gasteiger partial charge is 0.494 e. The van der Waals surface area contributed by atoms with Crippen molar-refractivity contribution in [3.63, 3.8) is 0 Å². The zero-order valence-corrected chi connectivity index (χ0v) is 9.64. The fourth-order valence-corrected chi connectivity index (χ4v) is 1.32. The molecule has 0 saturated carbocycles. The molecule has 1 amide bonds. The summed E-state index contributed by atoms with van der Waals surface area (Å²) < 4.78 is 15.2. The Labute approximate surface area is 99.7 Å². The highest BCUT2D eigenvalue weighted by Crippen LogP contribution is 2.17. The summed E-state index contributed by atoms with van der Waals surface area (Å²) in [6.45, 7) is 3.47. The van der Waals surface area contributed by atoms with Crippen LogP contribution in [0.1, 0.15) is 6.92 Å². The minimum atomic E-state index is -0.478. The molecule has 1 atom stereocenters. The van der Waals surface area contributed by atoms with Crippen LogP contribution in [0.3, 0.4) is 0 Å². The number of epoxide rings is 1. The highest BCUT2D eigenvalue weighted by molar-refractivity contribution is 5.84. The van der Waals surface area contributed by atoms with Gasteiger partial charge in [-0.25, -0.2) is 4.79 Å². The van der Waals surface area contributed by atoms with Gasteiger partial charge in [-0.15, -0.1) is 0 Å². The van der Waals surface area contributed by atoms with Crippen molar-refractivity contribution in [3.8, 4) is 5.75 Å². The molecule has 1 aromatic carbocycles. The van der Waals surface area contributed by atoms with Crippen LogP contribution in [0, 0.1) is 0 Å². The summed E-state index contributed by atoms with van der Waals surface area (Å²) in [7, 11) is 0. The van der Waals surface area contributed by atoms with Gasteiger partial charge in [0.2, 0.25) is 0 Å². The molecule has 0 radical (unpaired) electrons. The molecule has 0 bridgehead atoms. The third kappa shape index (κ3) is 3.96. The number of ether oxygens (including phenoxy) is 3. The van der Waals surface area contributed by atoms with E-state index in [1.165, 1.54) is 0 Å². The Kier molecular flexibility index (Phi) is 3.82. The molecular formula is C12H15NO4. The molecule has 0 spiro atoms. The van der Waals surface area contributed by atoms with Crippen molar-refractivity contribution in [2.75, 3.05) is 25.1 Å². The molecule has 1 fully saturated rings. The lowest BCUT2D eigenvalue weighted by Gasteiger charge is -2.08. The van der Waals surface area contributed by atoms with Gasteiger partial charge in [0, 0.05) is 11.8 Å². The van der Waals surface area contributed by atoms with Gasteiger partial charge in [-0.2, -0.15) is 0 Å². The first-order valence-corrected chi connectivity index (χ1v) is 5.56. The molecule has 1 unspecified atom stereocenters. The number of anilines is 1. The van der Waals surface area contributed by atoms with Crippen molar-refractivity contribution < 1.29 is 19.0 Å². The number of carbonyl (C=O) groups is 1. The van der Waals surface area contributed by atoms with E-state index in [1.54, 1.807) is 12.1 Å². The third-order valence-electron chi connectivity index (χ3n) is 2.19. The van der Waals surface area contributed by atoms with Crippen LogP contribution in [0.15, 0.2) is 24.3 Å². The molecule has 92 valence electrons. The van der Waals surface area contributed by atoms with Gasteiger partial charge >= 0.3 is 6.09 Å². The van der Waals surface area contributed by atoms with Crippen molar-refractivity contribution in [1.29, 1.82) is 0 Å². The van der Waals surface area contributed by atoms with E-state index in [0.717, 1.165) is 5.75 Å². The Morgan fingerprint density at radius 3 is 3.12 bits per heavy atom. The fourth-order valence-electron chi connectivity index (χ4n) is 1.32. The van der Waals surface area contributed by atoms with Crippen molar-refractivity contribution >= 4 is 11.8 Å². The van der Waals surface area contributed by atoms with Crippen LogP contribution in [0.4, 0.5) is 10.5 Å². The molecule has 5 nitrogen and oxygen atoms in total. The Hall–Kier alpha value is -1.75. The maximum atomic E-state index is 11.4. The molecule has 1 saturated heterocycles. The maximum absolute atomic E-state index is 11.4. The summed E-state index contributed by atoms with van der Waals surface area (Å²) in [4.78, 5) is 11.4. The van der Waals surface area contributed by atoms with Crippen LogP contribution in [-0.4, -0.2) is 32.0 Å². The molecular weight excluding hydrogens is 222 g/mol. The van der Waals surface area contributed by atoms with E-state index < -0.39 is 6.09 Å². The second kappa shape index (κ2) is 5.54. The first-order chi connectivity index (χ1) is 8.28. The lowest BCUT2D eigenvalue weighted by molar-refractivity contribution is 0.150. The van der Waals surface area contributed by atoms with E-state index in [0.29, 0.717) is 25.5 Å². The smallest absolute Gasteiger partial charge is 0.411 e. The van der Waals surface area contributed by atoms with Crippen molar-refractivity contribution in [1.82, 2.24) is 0 Å². The quantitative estimate of drug-likeness (QED) is 0.796. The minimum Gasteiger partial charge on any atom is -0.494 e. The molecule has 2 rings (SSSR count). The number of nitrogens with one attached hydrogen (secondary N) is 1. The van der Waals surface area contributed by atoms with Gasteiger partial charge in [0.05, 0.1) is 13.2 Å². The Morgan fingerprint density at radius 1 is 1.59 bits per heavy atom. The number of amides is 1. The normalized spacial score (nSPS) is 17.4. The number of carbonyl (C=O) groups excluding carboxylic acids is 1. The van der Waals surface area contributed by atoms with Crippen LogP contribution in [0.2, 0.25) is 0 Å². The van der Waals surface area contributed by atoms with E-state index in [2.05, 4.69) is 5.32 Å². The van der Waals surface area contributed by atoms with Gasteiger partial charge in [-0.05, 0) is 19.1 Å². The van der Waals surface area contributed by atoms with Crippen LogP contribution >= 0.6 is 0 Å². The molecule has 17 heavy (non-hydrogen) atoms. The summed E-state index contributed by atoms with van der Waals surface area (Å²) in [6.07, 6.45) is -0.398. The molecule has 0 aromatic heterocycles.